The van der Waals surface area contributed by atoms with Crippen molar-refractivity contribution < 1.29 is 13.9 Å². The normalized spacial score (nSPS) is 19.5. The minimum atomic E-state index is -0.209. The van der Waals surface area contributed by atoms with Gasteiger partial charge in [-0.25, -0.2) is 0 Å². The Morgan fingerprint density at radius 3 is 2.33 bits per heavy atom. The Balaban J connectivity index is 1.34. The Hall–Kier alpha value is -2.89. The lowest BCUT2D eigenvalue weighted by Gasteiger charge is -2.35. The molecule has 2 aromatic carbocycles. The first kappa shape index (κ1) is 20.4. The lowest BCUT2D eigenvalue weighted by molar-refractivity contribution is -0.0704. The van der Waals surface area contributed by atoms with Crippen LogP contribution >= 0.6 is 0 Å². The molecule has 1 fully saturated rings. The van der Waals surface area contributed by atoms with Gasteiger partial charge >= 0.3 is 0 Å². The van der Waals surface area contributed by atoms with Crippen molar-refractivity contribution in [3.8, 4) is 11.1 Å². The molecule has 0 aliphatic carbocycles. The maximum Gasteiger partial charge on any atom is 0.287 e. The fourth-order valence-corrected chi connectivity index (χ4v) is 4.03. The Labute approximate surface area is 177 Å². The highest BCUT2D eigenvalue weighted by atomic mass is 16.5. The molecule has 1 amide bonds. The van der Waals surface area contributed by atoms with E-state index in [9.17, 15) is 4.79 Å². The van der Waals surface area contributed by atoms with Crippen molar-refractivity contribution in [2.75, 3.05) is 13.1 Å². The van der Waals surface area contributed by atoms with Gasteiger partial charge in [-0.05, 0) is 36.6 Å². The van der Waals surface area contributed by atoms with E-state index in [0.717, 1.165) is 36.3 Å². The van der Waals surface area contributed by atoms with Crippen LogP contribution in [0.2, 0.25) is 0 Å². The average molecular weight is 405 g/mol. The summed E-state index contributed by atoms with van der Waals surface area (Å²) in [6.45, 7) is 7.52. The zero-order valence-electron chi connectivity index (χ0n) is 17.5. The number of benzene rings is 2. The van der Waals surface area contributed by atoms with Crippen molar-refractivity contribution >= 4 is 5.91 Å². The summed E-state index contributed by atoms with van der Waals surface area (Å²) in [6.07, 6.45) is 2.09. The molecule has 1 aliphatic heterocycles. The summed E-state index contributed by atoms with van der Waals surface area (Å²) < 4.78 is 11.3. The Bertz CT molecular complexity index is 956. The molecule has 5 nitrogen and oxygen atoms in total. The van der Waals surface area contributed by atoms with Gasteiger partial charge in [0.15, 0.2) is 5.76 Å². The third-order valence-corrected chi connectivity index (χ3v) is 5.33. The van der Waals surface area contributed by atoms with Crippen molar-refractivity contribution in [3.05, 3.63) is 83.8 Å². The average Bonchev–Trinajstić information content (AvgIpc) is 3.23. The number of carbonyl (C=O) groups excluding carboxylic acids is 1. The van der Waals surface area contributed by atoms with Gasteiger partial charge in [-0.3, -0.25) is 9.69 Å². The molecule has 0 radical (unpaired) electrons. The highest BCUT2D eigenvalue weighted by Gasteiger charge is 2.22. The molecule has 1 aromatic heterocycles. The van der Waals surface area contributed by atoms with Gasteiger partial charge in [-0.15, -0.1) is 0 Å². The number of furan rings is 1. The number of hydrogen-bond donors (Lipinski definition) is 1. The van der Waals surface area contributed by atoms with Gasteiger partial charge < -0.3 is 14.5 Å². The van der Waals surface area contributed by atoms with Crippen LogP contribution in [0, 0.1) is 0 Å². The molecule has 1 saturated heterocycles. The first-order chi connectivity index (χ1) is 14.6. The number of amides is 1. The Morgan fingerprint density at radius 2 is 1.63 bits per heavy atom. The first-order valence-corrected chi connectivity index (χ1v) is 10.4. The second kappa shape index (κ2) is 9.28. The molecule has 0 spiro atoms. The predicted octanol–water partition coefficient (Wildman–Crippen LogP) is 4.49. The van der Waals surface area contributed by atoms with Crippen molar-refractivity contribution in [2.24, 2.45) is 0 Å². The van der Waals surface area contributed by atoms with Crippen LogP contribution < -0.4 is 5.32 Å². The highest BCUT2D eigenvalue weighted by Crippen LogP contribution is 2.24. The maximum atomic E-state index is 12.6. The minimum Gasteiger partial charge on any atom is -0.459 e. The smallest absolute Gasteiger partial charge is 0.287 e. The number of rotatable bonds is 6. The molecule has 1 aliphatic rings. The van der Waals surface area contributed by atoms with E-state index in [1.54, 1.807) is 6.26 Å². The Kier molecular flexibility index (Phi) is 6.31. The summed E-state index contributed by atoms with van der Waals surface area (Å²) in [5.74, 6) is 0.132. The third kappa shape index (κ3) is 4.99. The molecule has 2 unspecified atom stereocenters. The van der Waals surface area contributed by atoms with Gasteiger partial charge in [0.2, 0.25) is 0 Å². The number of morpholine rings is 1. The number of nitrogens with one attached hydrogen (secondary N) is 1. The molecule has 3 aromatic rings. The summed E-state index contributed by atoms with van der Waals surface area (Å²) in [4.78, 5) is 15.1. The number of carbonyl (C=O) groups is 1. The van der Waals surface area contributed by atoms with Crippen molar-refractivity contribution in [1.29, 1.82) is 0 Å². The van der Waals surface area contributed by atoms with Crippen LogP contribution in [0.3, 0.4) is 0 Å². The number of hydrogen-bond acceptors (Lipinski definition) is 4. The van der Waals surface area contributed by atoms with Crippen LogP contribution in [0.15, 0.2) is 71.3 Å². The standard InChI is InChI=1S/C25H28N2O3/c1-18-15-27(16-19(2)30-18)17-21-10-8-20(9-11-21)14-26-25(28)24-23(12-13-29-24)22-6-4-3-5-7-22/h3-13,18-19H,14-17H2,1-2H3,(H,26,28). The van der Waals surface area contributed by atoms with E-state index >= 15 is 0 Å². The van der Waals surface area contributed by atoms with Gasteiger partial charge in [0.25, 0.3) is 5.91 Å². The minimum absolute atomic E-state index is 0.209. The SMILES string of the molecule is CC1CN(Cc2ccc(CNC(=O)c3occc3-c3ccccc3)cc2)CC(C)O1. The molecule has 4 rings (SSSR count). The fraction of sp³-hybridized carbons (Fsp3) is 0.320. The molecule has 5 heteroatoms. The Morgan fingerprint density at radius 1 is 0.967 bits per heavy atom. The zero-order chi connectivity index (χ0) is 20.9. The van der Waals surface area contributed by atoms with Crippen LogP contribution in [-0.4, -0.2) is 36.1 Å². The van der Waals surface area contributed by atoms with Crippen molar-refractivity contribution in [3.63, 3.8) is 0 Å². The van der Waals surface area contributed by atoms with Crippen LogP contribution in [0.4, 0.5) is 0 Å². The summed E-state index contributed by atoms with van der Waals surface area (Å²) in [5, 5.41) is 2.96. The second-order valence-electron chi connectivity index (χ2n) is 7.98. The van der Waals surface area contributed by atoms with Crippen molar-refractivity contribution in [2.45, 2.75) is 39.1 Å². The van der Waals surface area contributed by atoms with E-state index in [0.29, 0.717) is 12.3 Å². The van der Waals surface area contributed by atoms with Gasteiger partial charge in [0.1, 0.15) is 0 Å². The summed E-state index contributed by atoms with van der Waals surface area (Å²) >= 11 is 0. The van der Waals surface area contributed by atoms with E-state index in [-0.39, 0.29) is 18.1 Å². The van der Waals surface area contributed by atoms with Crippen LogP contribution in [0.25, 0.3) is 11.1 Å². The highest BCUT2D eigenvalue weighted by molar-refractivity contribution is 5.98. The lowest BCUT2D eigenvalue weighted by atomic mass is 10.1. The molecule has 0 saturated carbocycles. The lowest BCUT2D eigenvalue weighted by Crippen LogP contribution is -2.44. The topological polar surface area (TPSA) is 54.7 Å². The molecule has 1 N–H and O–H groups in total. The molecule has 0 bridgehead atoms. The predicted molar refractivity (Wildman–Crippen MR) is 117 cm³/mol. The van der Waals surface area contributed by atoms with Gasteiger partial charge in [0.05, 0.1) is 18.5 Å². The van der Waals surface area contributed by atoms with Gasteiger partial charge in [0, 0.05) is 31.7 Å². The molecule has 2 atom stereocenters. The van der Waals surface area contributed by atoms with E-state index in [2.05, 4.69) is 48.3 Å². The summed E-state index contributed by atoms with van der Waals surface area (Å²) in [5.41, 5.74) is 4.09. The van der Waals surface area contributed by atoms with Crippen LogP contribution in [0.1, 0.15) is 35.5 Å². The summed E-state index contributed by atoms with van der Waals surface area (Å²) in [7, 11) is 0. The molecular weight excluding hydrogens is 376 g/mol. The van der Waals surface area contributed by atoms with Crippen LogP contribution in [0.5, 0.6) is 0 Å². The van der Waals surface area contributed by atoms with Crippen molar-refractivity contribution in [1.82, 2.24) is 10.2 Å². The molecule has 2 heterocycles. The summed E-state index contributed by atoms with van der Waals surface area (Å²) in [6, 6.07) is 20.0. The zero-order valence-corrected chi connectivity index (χ0v) is 17.5. The van der Waals surface area contributed by atoms with Gasteiger partial charge in [-0.1, -0.05) is 54.6 Å². The van der Waals surface area contributed by atoms with Crippen LogP contribution in [-0.2, 0) is 17.8 Å². The van der Waals surface area contributed by atoms with E-state index in [4.69, 9.17) is 9.15 Å². The number of nitrogens with zero attached hydrogens (tertiary/aromatic N) is 1. The fourth-order valence-electron chi connectivity index (χ4n) is 4.03. The monoisotopic (exact) mass is 404 g/mol. The molecular formula is C25H28N2O3. The third-order valence-electron chi connectivity index (χ3n) is 5.33. The molecule has 156 valence electrons. The molecule has 30 heavy (non-hydrogen) atoms. The van der Waals surface area contributed by atoms with Gasteiger partial charge in [-0.2, -0.15) is 0 Å². The van der Waals surface area contributed by atoms with E-state index in [1.807, 2.05) is 36.4 Å². The quantitative estimate of drug-likeness (QED) is 0.658. The van der Waals surface area contributed by atoms with E-state index < -0.39 is 0 Å². The number of ether oxygens (including phenoxy) is 1. The maximum absolute atomic E-state index is 12.6. The first-order valence-electron chi connectivity index (χ1n) is 10.4. The second-order valence-corrected chi connectivity index (χ2v) is 7.98. The van der Waals surface area contributed by atoms with E-state index in [1.165, 1.54) is 5.56 Å². The largest absolute Gasteiger partial charge is 0.459 e.